The van der Waals surface area contributed by atoms with E-state index in [9.17, 15) is 14.4 Å². The molecule has 2 aromatic carbocycles. The summed E-state index contributed by atoms with van der Waals surface area (Å²) in [4.78, 5) is 36.7. The smallest absolute Gasteiger partial charge is 0.338 e. The number of fused-ring (bicyclic) bond motifs is 2. The van der Waals surface area contributed by atoms with Gasteiger partial charge in [0.1, 0.15) is 17.1 Å². The molecule has 156 valence electrons. The molecule has 0 unspecified atom stereocenters. The van der Waals surface area contributed by atoms with Gasteiger partial charge in [0, 0.05) is 28.6 Å². The first-order valence-electron chi connectivity index (χ1n) is 9.32. The third-order valence-electron chi connectivity index (χ3n) is 5.02. The minimum absolute atomic E-state index is 0.221. The summed E-state index contributed by atoms with van der Waals surface area (Å²) in [6.45, 7) is 0. The molecule has 1 aliphatic heterocycles. The van der Waals surface area contributed by atoms with Gasteiger partial charge in [0.05, 0.1) is 32.5 Å². The van der Waals surface area contributed by atoms with Gasteiger partial charge in [-0.05, 0) is 48.0 Å². The predicted octanol–water partition coefficient (Wildman–Crippen LogP) is 4.15. The maximum absolute atomic E-state index is 12.6. The Bertz CT molecular complexity index is 1350. The first-order valence-corrected chi connectivity index (χ1v) is 9.32. The van der Waals surface area contributed by atoms with Gasteiger partial charge in [-0.2, -0.15) is 0 Å². The molecule has 2 aromatic rings. The largest absolute Gasteiger partial charge is 0.497 e. The molecule has 0 atom stereocenters. The lowest BCUT2D eigenvalue weighted by Crippen LogP contribution is -2.08. The minimum atomic E-state index is -0.567. The number of ether oxygens (including phenoxy) is 3. The molecule has 0 amide bonds. The van der Waals surface area contributed by atoms with Gasteiger partial charge in [0.25, 0.3) is 0 Å². The van der Waals surface area contributed by atoms with E-state index in [1.807, 2.05) is 0 Å². The highest BCUT2D eigenvalue weighted by molar-refractivity contribution is 6.09. The van der Waals surface area contributed by atoms with Gasteiger partial charge in [-0.3, -0.25) is 4.79 Å². The number of esters is 2. The summed E-state index contributed by atoms with van der Waals surface area (Å²) in [5.74, 6) is -0.211. The summed E-state index contributed by atoms with van der Waals surface area (Å²) in [5.41, 5.74) is 2.42. The summed E-state index contributed by atoms with van der Waals surface area (Å²) in [6, 6.07) is 14.3. The van der Waals surface area contributed by atoms with E-state index in [1.54, 1.807) is 30.3 Å². The highest BCUT2D eigenvalue weighted by Gasteiger charge is 2.24. The third-order valence-corrected chi connectivity index (χ3v) is 5.02. The Kier molecular flexibility index (Phi) is 5.17. The summed E-state index contributed by atoms with van der Waals surface area (Å²) < 4.78 is 21.1. The first-order chi connectivity index (χ1) is 15.0. The van der Waals surface area contributed by atoms with Crippen molar-refractivity contribution in [3.63, 3.8) is 0 Å². The predicted molar refractivity (Wildman–Crippen MR) is 114 cm³/mol. The van der Waals surface area contributed by atoms with E-state index < -0.39 is 11.9 Å². The van der Waals surface area contributed by atoms with E-state index in [0.717, 1.165) is 0 Å². The topological polar surface area (TPSA) is 92.0 Å². The summed E-state index contributed by atoms with van der Waals surface area (Å²) >= 11 is 0. The van der Waals surface area contributed by atoms with Crippen LogP contribution >= 0.6 is 0 Å². The quantitative estimate of drug-likeness (QED) is 0.363. The van der Waals surface area contributed by atoms with Crippen molar-refractivity contribution in [3.05, 3.63) is 75.9 Å². The number of methoxy groups -OCH3 is 3. The van der Waals surface area contributed by atoms with E-state index in [1.165, 1.54) is 45.6 Å². The van der Waals surface area contributed by atoms with Crippen LogP contribution in [0.3, 0.4) is 0 Å². The minimum Gasteiger partial charge on any atom is -0.497 e. The van der Waals surface area contributed by atoms with Crippen LogP contribution in [0.2, 0.25) is 0 Å². The Morgan fingerprint density at radius 2 is 1.58 bits per heavy atom. The lowest BCUT2D eigenvalue weighted by atomic mass is 9.89. The van der Waals surface area contributed by atoms with E-state index in [0.29, 0.717) is 39.2 Å². The molecule has 0 saturated carbocycles. The molecular formula is C24H18O7. The molecule has 2 aliphatic rings. The Morgan fingerprint density at radius 1 is 0.806 bits per heavy atom. The van der Waals surface area contributed by atoms with Crippen molar-refractivity contribution in [1.82, 2.24) is 0 Å². The van der Waals surface area contributed by atoms with Crippen LogP contribution in [0.4, 0.5) is 0 Å². The summed E-state index contributed by atoms with van der Waals surface area (Å²) in [7, 11) is 4.10. The Balaban J connectivity index is 2.16. The monoisotopic (exact) mass is 418 g/mol. The molecule has 0 bridgehead atoms. The lowest BCUT2D eigenvalue weighted by molar-refractivity contribution is 0.0587. The van der Waals surface area contributed by atoms with Crippen molar-refractivity contribution in [2.45, 2.75) is 0 Å². The number of carbonyl (C=O) groups excluding carboxylic acids is 2. The molecule has 0 fully saturated rings. The number of hydrogen-bond acceptors (Lipinski definition) is 7. The standard InChI is InChI=1S/C24H18O7/c1-28-15-6-9-18-21(12-15)31-20-11-14(25)5-8-17(20)22(18)19-10-13(23(26)29-2)4-7-16(19)24(27)30-3/h4-12H,1-3H3. The molecule has 31 heavy (non-hydrogen) atoms. The van der Waals surface area contributed by atoms with Crippen LogP contribution in [0.5, 0.6) is 5.75 Å². The normalized spacial score (nSPS) is 10.8. The van der Waals surface area contributed by atoms with Gasteiger partial charge in [-0.1, -0.05) is 0 Å². The maximum atomic E-state index is 12.6. The molecule has 0 N–H and O–H groups in total. The van der Waals surface area contributed by atoms with Crippen molar-refractivity contribution in [2.75, 3.05) is 21.3 Å². The van der Waals surface area contributed by atoms with Crippen LogP contribution in [0.25, 0.3) is 33.4 Å². The molecule has 1 aliphatic carbocycles. The average molecular weight is 418 g/mol. The van der Waals surface area contributed by atoms with Gasteiger partial charge in [-0.25, -0.2) is 9.59 Å². The lowest BCUT2D eigenvalue weighted by Gasteiger charge is -2.18. The number of carbonyl (C=O) groups is 2. The highest BCUT2D eigenvalue weighted by Crippen LogP contribution is 2.42. The second-order valence-corrected chi connectivity index (χ2v) is 6.74. The number of hydrogen-bond donors (Lipinski definition) is 0. The third kappa shape index (κ3) is 3.50. The van der Waals surface area contributed by atoms with Gasteiger partial charge >= 0.3 is 11.9 Å². The van der Waals surface area contributed by atoms with E-state index in [4.69, 9.17) is 18.6 Å². The molecular weight excluding hydrogens is 400 g/mol. The Hall–Kier alpha value is -4.13. The van der Waals surface area contributed by atoms with Crippen LogP contribution in [0.15, 0.2) is 63.8 Å². The molecule has 7 nitrogen and oxygen atoms in total. The zero-order chi connectivity index (χ0) is 22.1. The van der Waals surface area contributed by atoms with Crippen LogP contribution < -0.4 is 10.2 Å². The zero-order valence-corrected chi connectivity index (χ0v) is 17.1. The summed E-state index contributed by atoms with van der Waals surface area (Å²) in [5, 5.41) is 0.666. The maximum Gasteiger partial charge on any atom is 0.338 e. The highest BCUT2D eigenvalue weighted by atomic mass is 16.5. The van der Waals surface area contributed by atoms with Crippen molar-refractivity contribution in [1.29, 1.82) is 0 Å². The molecule has 1 heterocycles. The van der Waals surface area contributed by atoms with Crippen molar-refractivity contribution in [3.8, 4) is 28.2 Å². The SMILES string of the molecule is COC(=O)c1ccc(C(=O)OC)c(-c2c3ccc(=O)cc-3oc3cc(OC)ccc23)c1. The molecule has 0 aromatic heterocycles. The Morgan fingerprint density at radius 3 is 2.29 bits per heavy atom. The van der Waals surface area contributed by atoms with Gasteiger partial charge in [0.15, 0.2) is 5.43 Å². The fourth-order valence-corrected chi connectivity index (χ4v) is 3.55. The van der Waals surface area contributed by atoms with Crippen molar-refractivity contribution >= 4 is 22.9 Å². The van der Waals surface area contributed by atoms with Gasteiger partial charge in [-0.15, -0.1) is 0 Å². The van der Waals surface area contributed by atoms with Gasteiger partial charge < -0.3 is 18.6 Å². The first kappa shape index (κ1) is 20.2. The fourth-order valence-electron chi connectivity index (χ4n) is 3.55. The second-order valence-electron chi connectivity index (χ2n) is 6.74. The van der Waals surface area contributed by atoms with E-state index in [-0.39, 0.29) is 16.6 Å². The Labute approximate surface area is 177 Å². The summed E-state index contributed by atoms with van der Waals surface area (Å²) in [6.07, 6.45) is 0. The van der Waals surface area contributed by atoms with Crippen molar-refractivity contribution < 1.29 is 28.2 Å². The number of benzene rings is 3. The van der Waals surface area contributed by atoms with Crippen LogP contribution in [0.1, 0.15) is 20.7 Å². The second kappa shape index (κ2) is 7.95. The fraction of sp³-hybridized carbons (Fsp3) is 0.125. The molecule has 0 saturated heterocycles. The van der Waals surface area contributed by atoms with Crippen LogP contribution in [-0.2, 0) is 9.47 Å². The molecule has 0 spiro atoms. The van der Waals surface area contributed by atoms with E-state index >= 15 is 0 Å². The molecule has 4 rings (SSSR count). The molecule has 0 radical (unpaired) electrons. The zero-order valence-electron chi connectivity index (χ0n) is 17.1. The molecule has 7 heteroatoms. The van der Waals surface area contributed by atoms with E-state index in [2.05, 4.69) is 0 Å². The average Bonchev–Trinajstić information content (AvgIpc) is 2.80. The van der Waals surface area contributed by atoms with Crippen molar-refractivity contribution in [2.24, 2.45) is 0 Å². The van der Waals surface area contributed by atoms with Crippen LogP contribution in [0, 0.1) is 0 Å². The number of rotatable bonds is 4. The van der Waals surface area contributed by atoms with Gasteiger partial charge in [0.2, 0.25) is 0 Å². The van der Waals surface area contributed by atoms with Crippen LogP contribution in [-0.4, -0.2) is 33.3 Å².